The molecule has 0 bridgehead atoms. The number of hydrogen-bond acceptors (Lipinski definition) is 4. The van der Waals surface area contributed by atoms with Crippen LogP contribution in [-0.2, 0) is 17.7 Å². The summed E-state index contributed by atoms with van der Waals surface area (Å²) >= 11 is 0. The van der Waals surface area contributed by atoms with Crippen molar-refractivity contribution in [3.8, 4) is 0 Å². The summed E-state index contributed by atoms with van der Waals surface area (Å²) in [6.45, 7) is 0. The van der Waals surface area contributed by atoms with Crippen LogP contribution in [0.2, 0.25) is 0 Å². The molecule has 1 unspecified atom stereocenters. The zero-order valence-electron chi connectivity index (χ0n) is 4.87. The van der Waals surface area contributed by atoms with Crippen LogP contribution in [0.5, 0.6) is 0 Å². The Kier molecular flexibility index (Phi) is 3.40. The molecule has 0 aliphatic carbocycles. The largest absolute Gasteiger partial charge is 0.478 e. The first-order chi connectivity index (χ1) is 4.27. The minimum absolute atomic E-state index is 0.141. The van der Waals surface area contributed by atoms with Crippen LogP contribution in [0.3, 0.4) is 0 Å². The Morgan fingerprint density at radius 3 is 1.70 bits per heavy atom. The molecule has 10 heteroatoms. The average molecular weight is 208 g/mol. The summed E-state index contributed by atoms with van der Waals surface area (Å²) in [5.41, 5.74) is 0. The van der Waals surface area contributed by atoms with Gasteiger partial charge in [-0.2, -0.15) is 4.31 Å². The van der Waals surface area contributed by atoms with Crippen molar-refractivity contribution in [3.63, 3.8) is 0 Å². The maximum Gasteiger partial charge on any atom is 0.478 e. The first kappa shape index (κ1) is 10.5. The van der Waals surface area contributed by atoms with Crippen molar-refractivity contribution in [1.82, 2.24) is 0 Å². The topological polar surface area (TPSA) is 113 Å². The minimum atomic E-state index is -4.92. The highest BCUT2D eigenvalue weighted by atomic mass is 31.3. The molecule has 0 aliphatic rings. The molecule has 10 heavy (non-hydrogen) atoms. The van der Waals surface area contributed by atoms with Gasteiger partial charge in [0, 0.05) is 0 Å². The van der Waals surface area contributed by atoms with Gasteiger partial charge < -0.3 is 18.9 Å². The van der Waals surface area contributed by atoms with E-state index >= 15 is 0 Å². The van der Waals surface area contributed by atoms with E-state index in [1.807, 2.05) is 0 Å². The fourth-order valence-corrected chi connectivity index (χ4v) is 2.11. The molecule has 0 fully saturated rings. The maximum absolute atomic E-state index is 10.3. The SMILES string of the molecule is O=P(O)(O)OP(=O)(O)O[SiH3]. The third-order valence-electron chi connectivity index (χ3n) is 0.440. The van der Waals surface area contributed by atoms with Gasteiger partial charge in [0.15, 0.2) is 10.5 Å². The molecular weight excluding hydrogens is 202 g/mol. The van der Waals surface area contributed by atoms with Gasteiger partial charge >= 0.3 is 15.6 Å². The summed E-state index contributed by atoms with van der Waals surface area (Å²) in [7, 11) is -9.56. The highest BCUT2D eigenvalue weighted by Gasteiger charge is 2.30. The Morgan fingerprint density at radius 1 is 1.20 bits per heavy atom. The van der Waals surface area contributed by atoms with Gasteiger partial charge in [-0.25, -0.2) is 9.13 Å². The molecule has 0 amide bonds. The standard InChI is InChI=1S/H6O7P2Si/c1-8(2,3)6-9(4,5)7-10/h10H3,(H,4,5)(H2,1,2,3). The third kappa shape index (κ3) is 5.28. The molecular formula is H6O7P2Si. The lowest BCUT2D eigenvalue weighted by atomic mass is 15.7. The summed E-state index contributed by atoms with van der Waals surface area (Å²) in [6.07, 6.45) is 0. The number of phosphoric acid groups is 2. The highest BCUT2D eigenvalue weighted by molar-refractivity contribution is 7.61. The first-order valence-electron chi connectivity index (χ1n) is 1.92. The summed E-state index contributed by atoms with van der Waals surface area (Å²) in [4.78, 5) is 24.3. The van der Waals surface area contributed by atoms with Crippen LogP contribution in [0.4, 0.5) is 0 Å². The number of rotatable bonds is 3. The molecule has 0 aromatic carbocycles. The van der Waals surface area contributed by atoms with E-state index < -0.39 is 15.6 Å². The van der Waals surface area contributed by atoms with Crippen molar-refractivity contribution in [3.05, 3.63) is 0 Å². The molecule has 0 aliphatic heterocycles. The van der Waals surface area contributed by atoms with Crippen molar-refractivity contribution in [2.45, 2.75) is 0 Å². The molecule has 0 heterocycles. The van der Waals surface area contributed by atoms with Gasteiger partial charge in [0.1, 0.15) is 0 Å². The Bertz CT molecular complexity index is 190. The van der Waals surface area contributed by atoms with Crippen molar-refractivity contribution < 1.29 is 32.3 Å². The van der Waals surface area contributed by atoms with E-state index in [1.54, 1.807) is 0 Å². The molecule has 0 saturated carbocycles. The minimum Gasteiger partial charge on any atom is -0.341 e. The third-order valence-corrected chi connectivity index (χ3v) is 3.96. The lowest BCUT2D eigenvalue weighted by molar-refractivity contribution is 0.233. The van der Waals surface area contributed by atoms with Crippen LogP contribution in [0, 0.1) is 0 Å². The Morgan fingerprint density at radius 2 is 1.60 bits per heavy atom. The van der Waals surface area contributed by atoms with E-state index in [4.69, 9.17) is 14.7 Å². The molecule has 0 spiro atoms. The molecule has 7 nitrogen and oxygen atoms in total. The van der Waals surface area contributed by atoms with Gasteiger partial charge in [-0.1, -0.05) is 0 Å². The lowest BCUT2D eigenvalue weighted by Crippen LogP contribution is -1.89. The summed E-state index contributed by atoms with van der Waals surface area (Å²) in [5, 5.41) is 0. The fraction of sp³-hybridized carbons (Fsp3) is 0. The summed E-state index contributed by atoms with van der Waals surface area (Å²) in [5.74, 6) is 0. The summed E-state index contributed by atoms with van der Waals surface area (Å²) in [6, 6.07) is 0. The second-order valence-electron chi connectivity index (χ2n) is 1.22. The fourth-order valence-electron chi connectivity index (χ4n) is 0.168. The molecule has 0 aromatic rings. The second kappa shape index (κ2) is 3.25. The van der Waals surface area contributed by atoms with Crippen LogP contribution in [-0.4, -0.2) is 25.2 Å². The average Bonchev–Trinajstić information content (AvgIpc) is 1.60. The molecule has 0 rings (SSSR count). The molecule has 62 valence electrons. The molecule has 1 atom stereocenters. The Balaban J connectivity index is 4.17. The molecule has 0 saturated heterocycles. The van der Waals surface area contributed by atoms with Crippen LogP contribution in [0.15, 0.2) is 0 Å². The highest BCUT2D eigenvalue weighted by Crippen LogP contribution is 2.56. The van der Waals surface area contributed by atoms with Crippen LogP contribution in [0.25, 0.3) is 0 Å². The van der Waals surface area contributed by atoms with Gasteiger partial charge in [-0.3, -0.25) is 0 Å². The Hall–Kier alpha value is 0.477. The van der Waals surface area contributed by atoms with Crippen molar-refractivity contribution in [2.24, 2.45) is 0 Å². The Labute approximate surface area is 59.4 Å². The van der Waals surface area contributed by atoms with Gasteiger partial charge in [0.2, 0.25) is 0 Å². The smallest absolute Gasteiger partial charge is 0.341 e. The van der Waals surface area contributed by atoms with Gasteiger partial charge in [0.05, 0.1) is 0 Å². The van der Waals surface area contributed by atoms with Gasteiger partial charge in [0.25, 0.3) is 0 Å². The second-order valence-corrected chi connectivity index (χ2v) is 5.26. The van der Waals surface area contributed by atoms with E-state index in [9.17, 15) is 9.13 Å². The zero-order chi connectivity index (χ0) is 8.41. The zero-order valence-corrected chi connectivity index (χ0v) is 8.66. The maximum atomic E-state index is 10.3. The lowest BCUT2D eigenvalue weighted by Gasteiger charge is -2.08. The quantitative estimate of drug-likeness (QED) is 0.381. The van der Waals surface area contributed by atoms with Crippen molar-refractivity contribution >= 4 is 26.1 Å². The van der Waals surface area contributed by atoms with Crippen molar-refractivity contribution in [1.29, 1.82) is 0 Å². The van der Waals surface area contributed by atoms with Gasteiger partial charge in [-0.15, -0.1) is 0 Å². The number of hydrogen-bond donors (Lipinski definition) is 3. The van der Waals surface area contributed by atoms with E-state index in [-0.39, 0.29) is 10.5 Å². The molecule has 0 aromatic heterocycles. The monoisotopic (exact) mass is 208 g/mol. The van der Waals surface area contributed by atoms with E-state index in [2.05, 4.69) is 8.52 Å². The van der Waals surface area contributed by atoms with E-state index in [0.29, 0.717) is 0 Å². The van der Waals surface area contributed by atoms with E-state index in [0.717, 1.165) is 0 Å². The predicted molar refractivity (Wildman–Crippen MR) is 34.0 cm³/mol. The van der Waals surface area contributed by atoms with Crippen LogP contribution >= 0.6 is 15.6 Å². The summed E-state index contributed by atoms with van der Waals surface area (Å²) < 4.78 is 27.3. The van der Waals surface area contributed by atoms with Gasteiger partial charge in [-0.05, 0) is 0 Å². The predicted octanol–water partition coefficient (Wildman–Crippen LogP) is -1.51. The first-order valence-corrected chi connectivity index (χ1v) is 5.76. The van der Waals surface area contributed by atoms with E-state index in [1.165, 1.54) is 0 Å². The normalized spacial score (nSPS) is 18.7. The molecule has 0 radical (unpaired) electrons. The van der Waals surface area contributed by atoms with Crippen molar-refractivity contribution in [2.75, 3.05) is 0 Å². The van der Waals surface area contributed by atoms with Crippen LogP contribution in [0.1, 0.15) is 0 Å². The van der Waals surface area contributed by atoms with Crippen LogP contribution < -0.4 is 0 Å². The molecule has 3 N–H and O–H groups in total.